The van der Waals surface area contributed by atoms with Gasteiger partial charge in [0.1, 0.15) is 0 Å². The van der Waals surface area contributed by atoms with Crippen LogP contribution in [0.5, 0.6) is 0 Å². The van der Waals surface area contributed by atoms with Crippen molar-refractivity contribution >= 4 is 5.91 Å². The van der Waals surface area contributed by atoms with Crippen LogP contribution < -0.4 is 11.5 Å². The Balaban J connectivity index is 0. The van der Waals surface area contributed by atoms with E-state index in [1.54, 1.807) is 14.1 Å². The van der Waals surface area contributed by atoms with Gasteiger partial charge in [-0.05, 0) is 32.0 Å². The summed E-state index contributed by atoms with van der Waals surface area (Å²) in [5.41, 5.74) is 10.8. The second kappa shape index (κ2) is 17.1. The molecular formula is C15H33N3O. The van der Waals surface area contributed by atoms with Crippen LogP contribution in [-0.4, -0.2) is 38.0 Å². The van der Waals surface area contributed by atoms with Crippen LogP contribution in [0.4, 0.5) is 0 Å². The van der Waals surface area contributed by atoms with Crippen LogP contribution in [0.3, 0.4) is 0 Å². The SMILES string of the molecule is C=CC(=O)N(C)C.NCCCCCCCCCCN. The number of carbonyl (C=O) groups is 1. The van der Waals surface area contributed by atoms with E-state index in [2.05, 4.69) is 6.58 Å². The lowest BCUT2D eigenvalue weighted by Crippen LogP contribution is -2.18. The van der Waals surface area contributed by atoms with Crippen molar-refractivity contribution in [3.8, 4) is 0 Å². The Kier molecular flexibility index (Phi) is 18.4. The van der Waals surface area contributed by atoms with E-state index in [0.717, 1.165) is 13.1 Å². The molecule has 0 atom stereocenters. The monoisotopic (exact) mass is 271 g/mol. The molecule has 0 spiro atoms. The minimum Gasteiger partial charge on any atom is -0.345 e. The minimum absolute atomic E-state index is 0.0556. The number of nitrogens with two attached hydrogens (primary N) is 2. The highest BCUT2D eigenvalue weighted by Gasteiger charge is 1.91. The van der Waals surface area contributed by atoms with Crippen LogP contribution in [0.15, 0.2) is 12.7 Å². The smallest absolute Gasteiger partial charge is 0.245 e. The summed E-state index contributed by atoms with van der Waals surface area (Å²) in [6.45, 7) is 5.00. The summed E-state index contributed by atoms with van der Waals surface area (Å²) in [6.07, 6.45) is 11.8. The zero-order valence-electron chi connectivity index (χ0n) is 12.9. The molecule has 0 heterocycles. The molecule has 0 aliphatic rings. The van der Waals surface area contributed by atoms with E-state index in [1.165, 1.54) is 62.3 Å². The second-order valence-electron chi connectivity index (χ2n) is 4.84. The van der Waals surface area contributed by atoms with Crippen LogP contribution in [0.2, 0.25) is 0 Å². The van der Waals surface area contributed by atoms with Crippen molar-refractivity contribution in [2.75, 3.05) is 27.2 Å². The van der Waals surface area contributed by atoms with Gasteiger partial charge in [0.2, 0.25) is 5.91 Å². The normalized spacial score (nSPS) is 9.47. The molecule has 0 unspecified atom stereocenters. The van der Waals surface area contributed by atoms with E-state index >= 15 is 0 Å². The van der Waals surface area contributed by atoms with Crippen molar-refractivity contribution in [3.63, 3.8) is 0 Å². The molecule has 4 nitrogen and oxygen atoms in total. The van der Waals surface area contributed by atoms with Gasteiger partial charge in [0.05, 0.1) is 0 Å². The Labute approximate surface area is 119 Å². The predicted molar refractivity (Wildman–Crippen MR) is 83.9 cm³/mol. The highest BCUT2D eigenvalue weighted by molar-refractivity contribution is 5.86. The fraction of sp³-hybridized carbons (Fsp3) is 0.800. The summed E-state index contributed by atoms with van der Waals surface area (Å²) < 4.78 is 0. The lowest BCUT2D eigenvalue weighted by Gasteiger charge is -2.03. The van der Waals surface area contributed by atoms with E-state index in [4.69, 9.17) is 11.5 Å². The summed E-state index contributed by atoms with van der Waals surface area (Å²) in [4.78, 5) is 11.8. The zero-order chi connectivity index (χ0) is 14.9. The number of unbranched alkanes of at least 4 members (excludes halogenated alkanes) is 7. The Morgan fingerprint density at radius 2 is 1.21 bits per heavy atom. The quantitative estimate of drug-likeness (QED) is 0.473. The molecule has 0 fully saturated rings. The maximum atomic E-state index is 10.3. The topological polar surface area (TPSA) is 72.3 Å². The number of amides is 1. The van der Waals surface area contributed by atoms with Gasteiger partial charge in [-0.2, -0.15) is 0 Å². The van der Waals surface area contributed by atoms with Crippen LogP contribution >= 0.6 is 0 Å². The van der Waals surface area contributed by atoms with Crippen molar-refractivity contribution in [2.45, 2.75) is 51.4 Å². The first-order chi connectivity index (χ1) is 9.09. The summed E-state index contributed by atoms with van der Waals surface area (Å²) in [7, 11) is 3.37. The number of rotatable bonds is 10. The molecule has 0 rings (SSSR count). The van der Waals surface area contributed by atoms with E-state index < -0.39 is 0 Å². The molecule has 4 heteroatoms. The lowest BCUT2D eigenvalue weighted by atomic mass is 10.1. The summed E-state index contributed by atoms with van der Waals surface area (Å²) in [5.74, 6) is -0.0556. The summed E-state index contributed by atoms with van der Waals surface area (Å²) in [5, 5.41) is 0. The van der Waals surface area contributed by atoms with Crippen molar-refractivity contribution < 1.29 is 4.79 Å². The molecule has 4 N–H and O–H groups in total. The standard InChI is InChI=1S/C10H24N2.C5H9NO/c11-9-7-5-3-1-2-4-6-8-10-12;1-4-5(7)6(2)3/h1-12H2;4H,1H2,2-3H3. The molecule has 0 bridgehead atoms. The molecule has 0 saturated heterocycles. The van der Waals surface area contributed by atoms with Crippen LogP contribution in [-0.2, 0) is 4.79 Å². The third kappa shape index (κ3) is 19.6. The highest BCUT2D eigenvalue weighted by atomic mass is 16.2. The van der Waals surface area contributed by atoms with E-state index in [9.17, 15) is 4.79 Å². The van der Waals surface area contributed by atoms with Gasteiger partial charge in [0.25, 0.3) is 0 Å². The third-order valence-corrected chi connectivity index (χ3v) is 2.77. The van der Waals surface area contributed by atoms with Crippen LogP contribution in [0.25, 0.3) is 0 Å². The van der Waals surface area contributed by atoms with Gasteiger partial charge in [-0.25, -0.2) is 0 Å². The van der Waals surface area contributed by atoms with Crippen molar-refractivity contribution in [1.29, 1.82) is 0 Å². The van der Waals surface area contributed by atoms with Gasteiger partial charge >= 0.3 is 0 Å². The number of carbonyl (C=O) groups excluding carboxylic acids is 1. The maximum Gasteiger partial charge on any atom is 0.245 e. The van der Waals surface area contributed by atoms with Crippen LogP contribution in [0, 0.1) is 0 Å². The first-order valence-electron chi connectivity index (χ1n) is 7.34. The molecule has 19 heavy (non-hydrogen) atoms. The fourth-order valence-corrected chi connectivity index (χ4v) is 1.53. The van der Waals surface area contributed by atoms with Gasteiger partial charge in [-0.15, -0.1) is 0 Å². The first-order valence-corrected chi connectivity index (χ1v) is 7.34. The second-order valence-corrected chi connectivity index (χ2v) is 4.84. The molecule has 0 aromatic rings. The van der Waals surface area contributed by atoms with Crippen molar-refractivity contribution in [2.24, 2.45) is 11.5 Å². The number of hydrogen-bond donors (Lipinski definition) is 2. The molecule has 0 saturated carbocycles. The highest BCUT2D eigenvalue weighted by Crippen LogP contribution is 2.07. The molecule has 0 aliphatic carbocycles. The molecule has 0 aromatic carbocycles. The summed E-state index contributed by atoms with van der Waals surface area (Å²) in [6, 6.07) is 0. The Morgan fingerprint density at radius 3 is 1.37 bits per heavy atom. The number of nitrogens with zero attached hydrogens (tertiary/aromatic N) is 1. The first kappa shape index (κ1) is 20.4. The van der Waals surface area contributed by atoms with Crippen molar-refractivity contribution in [1.82, 2.24) is 4.90 Å². The molecule has 114 valence electrons. The fourth-order valence-electron chi connectivity index (χ4n) is 1.53. The van der Waals surface area contributed by atoms with E-state index in [1.807, 2.05) is 0 Å². The van der Waals surface area contributed by atoms with Gasteiger partial charge in [0.15, 0.2) is 0 Å². The minimum atomic E-state index is -0.0556. The molecular weight excluding hydrogens is 238 g/mol. The largest absolute Gasteiger partial charge is 0.345 e. The predicted octanol–water partition coefficient (Wildman–Crippen LogP) is 2.29. The molecule has 1 amide bonds. The maximum absolute atomic E-state index is 10.3. The molecule has 0 aromatic heterocycles. The van der Waals surface area contributed by atoms with Gasteiger partial charge in [0, 0.05) is 14.1 Å². The average Bonchev–Trinajstić information content (AvgIpc) is 2.41. The van der Waals surface area contributed by atoms with Gasteiger partial charge < -0.3 is 16.4 Å². The number of hydrogen-bond acceptors (Lipinski definition) is 3. The lowest BCUT2D eigenvalue weighted by molar-refractivity contribution is -0.123. The Hall–Kier alpha value is -0.870. The molecule has 0 aliphatic heterocycles. The average molecular weight is 271 g/mol. The Morgan fingerprint density at radius 1 is 0.895 bits per heavy atom. The Bertz CT molecular complexity index is 196. The van der Waals surface area contributed by atoms with Crippen molar-refractivity contribution in [3.05, 3.63) is 12.7 Å². The van der Waals surface area contributed by atoms with Gasteiger partial charge in [-0.3, -0.25) is 4.79 Å². The van der Waals surface area contributed by atoms with E-state index in [-0.39, 0.29) is 5.91 Å². The third-order valence-electron chi connectivity index (χ3n) is 2.77. The van der Waals surface area contributed by atoms with Gasteiger partial charge in [-0.1, -0.05) is 45.1 Å². The van der Waals surface area contributed by atoms with E-state index in [0.29, 0.717) is 0 Å². The zero-order valence-corrected chi connectivity index (χ0v) is 12.9. The molecule has 0 radical (unpaired) electrons. The van der Waals surface area contributed by atoms with Crippen LogP contribution in [0.1, 0.15) is 51.4 Å². The number of likely N-dealkylation sites (N-methyl/N-ethyl adjacent to an activating group) is 1. The summed E-state index contributed by atoms with van der Waals surface area (Å²) >= 11 is 0.